The number of rotatable bonds is 8. The maximum Gasteiger partial charge on any atom is 0.127 e. The highest BCUT2D eigenvalue weighted by Gasteiger charge is 2.27. The van der Waals surface area contributed by atoms with E-state index in [0.29, 0.717) is 6.04 Å². The zero-order chi connectivity index (χ0) is 20.6. The van der Waals surface area contributed by atoms with E-state index in [-0.39, 0.29) is 0 Å². The third kappa shape index (κ3) is 6.21. The average Bonchev–Trinajstić information content (AvgIpc) is 2.79. The van der Waals surface area contributed by atoms with Gasteiger partial charge in [-0.3, -0.25) is 4.90 Å². The van der Waals surface area contributed by atoms with Crippen LogP contribution in [0, 0.1) is 0 Å². The molecule has 0 atom stereocenters. The van der Waals surface area contributed by atoms with Crippen LogP contribution in [0.1, 0.15) is 25.7 Å². The number of piperazine rings is 1. The Morgan fingerprint density at radius 2 is 1.47 bits per heavy atom. The first-order valence-electron chi connectivity index (χ1n) is 11.5. The third-order valence-corrected chi connectivity index (χ3v) is 6.47. The molecule has 5 nitrogen and oxygen atoms in total. The van der Waals surface area contributed by atoms with Crippen molar-refractivity contribution < 1.29 is 4.74 Å². The van der Waals surface area contributed by atoms with Crippen molar-refractivity contribution in [2.75, 3.05) is 51.6 Å². The predicted octanol–water partition coefficient (Wildman–Crippen LogP) is 4.04. The summed E-state index contributed by atoms with van der Waals surface area (Å²) in [5.41, 5.74) is 1.14. The maximum absolute atomic E-state index is 5.85. The van der Waals surface area contributed by atoms with E-state index in [2.05, 4.69) is 39.6 Å². The van der Waals surface area contributed by atoms with Gasteiger partial charge in [-0.15, -0.1) is 0 Å². The Kier molecular flexibility index (Phi) is 7.62. The average molecular weight is 409 g/mol. The molecule has 2 N–H and O–H groups in total. The fourth-order valence-electron chi connectivity index (χ4n) is 4.58. The van der Waals surface area contributed by atoms with Crippen molar-refractivity contribution in [1.82, 2.24) is 15.1 Å². The molecule has 2 aliphatic rings. The molecule has 0 unspecified atom stereocenters. The number of para-hydroxylation sites is 1. The summed E-state index contributed by atoms with van der Waals surface area (Å²) in [5, 5.41) is 7.26. The number of anilines is 1. The van der Waals surface area contributed by atoms with E-state index in [1.54, 1.807) is 0 Å². The van der Waals surface area contributed by atoms with Gasteiger partial charge in [-0.1, -0.05) is 18.2 Å². The van der Waals surface area contributed by atoms with E-state index in [1.165, 1.54) is 51.9 Å². The molecule has 0 aromatic heterocycles. The van der Waals surface area contributed by atoms with Gasteiger partial charge in [-0.2, -0.15) is 0 Å². The highest BCUT2D eigenvalue weighted by molar-refractivity contribution is 5.47. The molecule has 30 heavy (non-hydrogen) atoms. The Balaban J connectivity index is 1.11. The molecule has 4 rings (SSSR count). The van der Waals surface area contributed by atoms with Crippen LogP contribution in [-0.4, -0.2) is 68.2 Å². The number of benzene rings is 2. The van der Waals surface area contributed by atoms with Crippen molar-refractivity contribution in [1.29, 1.82) is 0 Å². The monoisotopic (exact) mass is 408 g/mol. The fourth-order valence-corrected chi connectivity index (χ4v) is 4.58. The number of hydrogen-bond acceptors (Lipinski definition) is 5. The lowest BCUT2D eigenvalue weighted by Gasteiger charge is -2.41. The van der Waals surface area contributed by atoms with Gasteiger partial charge >= 0.3 is 0 Å². The van der Waals surface area contributed by atoms with Crippen molar-refractivity contribution in [3.63, 3.8) is 0 Å². The molecule has 5 heteroatoms. The van der Waals surface area contributed by atoms with E-state index in [4.69, 9.17) is 4.74 Å². The number of likely N-dealkylation sites (N-methyl/N-ethyl adjacent to an activating group) is 1. The normalized spacial score (nSPS) is 23.2. The molecule has 1 heterocycles. The van der Waals surface area contributed by atoms with E-state index < -0.39 is 0 Å². The highest BCUT2D eigenvalue weighted by Crippen LogP contribution is 2.24. The van der Waals surface area contributed by atoms with Gasteiger partial charge in [0.15, 0.2) is 0 Å². The van der Waals surface area contributed by atoms with Crippen LogP contribution in [0.15, 0.2) is 54.6 Å². The Hall–Kier alpha value is -2.08. The molecule has 0 spiro atoms. The lowest BCUT2D eigenvalue weighted by atomic mass is 9.90. The molecule has 2 fully saturated rings. The number of nitrogens with zero attached hydrogens (tertiary/aromatic N) is 2. The van der Waals surface area contributed by atoms with Crippen LogP contribution in [-0.2, 0) is 0 Å². The van der Waals surface area contributed by atoms with Crippen molar-refractivity contribution >= 4 is 5.69 Å². The topological polar surface area (TPSA) is 39.8 Å². The first-order chi connectivity index (χ1) is 14.8. The van der Waals surface area contributed by atoms with Crippen LogP contribution in [0.3, 0.4) is 0 Å². The van der Waals surface area contributed by atoms with Crippen LogP contribution < -0.4 is 15.4 Å². The smallest absolute Gasteiger partial charge is 0.127 e. The molecular weight excluding hydrogens is 372 g/mol. The molecule has 1 aliphatic carbocycles. The van der Waals surface area contributed by atoms with Crippen molar-refractivity contribution in [3.8, 4) is 11.5 Å². The number of ether oxygens (including phenoxy) is 1. The van der Waals surface area contributed by atoms with Gasteiger partial charge < -0.3 is 20.3 Å². The summed E-state index contributed by atoms with van der Waals surface area (Å²) in [7, 11) is 2.24. The first kappa shape index (κ1) is 21.2. The second-order valence-corrected chi connectivity index (χ2v) is 8.67. The van der Waals surface area contributed by atoms with Gasteiger partial charge in [0.2, 0.25) is 0 Å². The standard InChI is InChI=1S/C25H36N4O/c1-28-17-19-29(20-18-28)23-11-7-21(8-12-23)26-15-16-27-22-9-13-25(14-10-22)30-24-5-3-2-4-6-24/h2-6,9-10,13-14,21,23,26-27H,7-8,11-12,15-20H2,1H3. The Morgan fingerprint density at radius 3 is 2.17 bits per heavy atom. The van der Waals surface area contributed by atoms with E-state index in [0.717, 1.165) is 36.3 Å². The zero-order valence-electron chi connectivity index (χ0n) is 18.2. The lowest BCUT2D eigenvalue weighted by Crippen LogP contribution is -2.51. The first-order valence-corrected chi connectivity index (χ1v) is 11.5. The van der Waals surface area contributed by atoms with Crippen LogP contribution in [0.4, 0.5) is 5.69 Å². The molecule has 0 amide bonds. The van der Waals surface area contributed by atoms with Crippen molar-refractivity contribution in [2.45, 2.75) is 37.8 Å². The molecule has 0 bridgehead atoms. The van der Waals surface area contributed by atoms with Gasteiger partial charge in [-0.05, 0) is 69.1 Å². The van der Waals surface area contributed by atoms with Gasteiger partial charge in [0, 0.05) is 57.0 Å². The largest absolute Gasteiger partial charge is 0.457 e. The third-order valence-electron chi connectivity index (χ3n) is 6.47. The van der Waals surface area contributed by atoms with Gasteiger partial charge in [0.05, 0.1) is 0 Å². The SMILES string of the molecule is CN1CCN(C2CCC(NCCNc3ccc(Oc4ccccc4)cc3)CC2)CC1. The minimum atomic E-state index is 0.678. The molecule has 162 valence electrons. The molecule has 1 aliphatic heterocycles. The molecule has 0 radical (unpaired) electrons. The Morgan fingerprint density at radius 1 is 0.800 bits per heavy atom. The van der Waals surface area contributed by atoms with Gasteiger partial charge in [-0.25, -0.2) is 0 Å². The summed E-state index contributed by atoms with van der Waals surface area (Å²) >= 11 is 0. The van der Waals surface area contributed by atoms with Gasteiger partial charge in [0.25, 0.3) is 0 Å². The predicted molar refractivity (Wildman–Crippen MR) is 125 cm³/mol. The molecule has 2 aromatic carbocycles. The zero-order valence-corrected chi connectivity index (χ0v) is 18.2. The summed E-state index contributed by atoms with van der Waals surface area (Å²) < 4.78 is 5.85. The fraction of sp³-hybridized carbons (Fsp3) is 0.520. The van der Waals surface area contributed by atoms with Crippen LogP contribution >= 0.6 is 0 Å². The van der Waals surface area contributed by atoms with Crippen molar-refractivity contribution in [2.24, 2.45) is 0 Å². The summed E-state index contributed by atoms with van der Waals surface area (Å²) in [4.78, 5) is 5.17. The Bertz CT molecular complexity index is 736. The summed E-state index contributed by atoms with van der Waals surface area (Å²) in [5.74, 6) is 1.73. The molecule has 2 aromatic rings. The summed E-state index contributed by atoms with van der Waals surface area (Å²) in [6, 6.07) is 19.6. The van der Waals surface area contributed by atoms with E-state index in [9.17, 15) is 0 Å². The number of nitrogens with one attached hydrogen (secondary N) is 2. The lowest BCUT2D eigenvalue weighted by molar-refractivity contribution is 0.0855. The minimum absolute atomic E-state index is 0.678. The molecular formula is C25H36N4O. The number of hydrogen-bond donors (Lipinski definition) is 2. The quantitative estimate of drug-likeness (QED) is 0.645. The second-order valence-electron chi connectivity index (χ2n) is 8.67. The summed E-state index contributed by atoms with van der Waals surface area (Å²) in [6.45, 7) is 6.90. The van der Waals surface area contributed by atoms with E-state index in [1.807, 2.05) is 42.5 Å². The van der Waals surface area contributed by atoms with Gasteiger partial charge in [0.1, 0.15) is 11.5 Å². The van der Waals surface area contributed by atoms with Crippen LogP contribution in [0.25, 0.3) is 0 Å². The van der Waals surface area contributed by atoms with Crippen LogP contribution in [0.5, 0.6) is 11.5 Å². The second kappa shape index (κ2) is 10.8. The Labute approximate surface area is 181 Å². The minimum Gasteiger partial charge on any atom is -0.457 e. The van der Waals surface area contributed by atoms with Crippen molar-refractivity contribution in [3.05, 3.63) is 54.6 Å². The summed E-state index contributed by atoms with van der Waals surface area (Å²) in [6.07, 6.45) is 5.31. The maximum atomic E-state index is 5.85. The van der Waals surface area contributed by atoms with E-state index >= 15 is 0 Å². The highest BCUT2D eigenvalue weighted by atomic mass is 16.5. The molecule has 1 saturated heterocycles. The molecule has 1 saturated carbocycles. The van der Waals surface area contributed by atoms with Crippen LogP contribution in [0.2, 0.25) is 0 Å².